The van der Waals surface area contributed by atoms with E-state index in [1.54, 1.807) is 6.20 Å². The van der Waals surface area contributed by atoms with Gasteiger partial charge >= 0.3 is 0 Å². The predicted molar refractivity (Wildman–Crippen MR) is 75.6 cm³/mol. The summed E-state index contributed by atoms with van der Waals surface area (Å²) < 4.78 is 11.0. The summed E-state index contributed by atoms with van der Waals surface area (Å²) in [7, 11) is 0. The van der Waals surface area contributed by atoms with E-state index in [0.717, 1.165) is 5.69 Å². The molecule has 0 saturated heterocycles. The van der Waals surface area contributed by atoms with Gasteiger partial charge in [-0.25, -0.2) is 0 Å². The van der Waals surface area contributed by atoms with Crippen LogP contribution in [0.25, 0.3) is 0 Å². The number of aromatic nitrogens is 3. The van der Waals surface area contributed by atoms with E-state index in [2.05, 4.69) is 15.0 Å². The zero-order valence-electron chi connectivity index (χ0n) is 11.6. The highest BCUT2D eigenvalue weighted by atomic mass is 16.5. The molecule has 2 aromatic heterocycles. The summed E-state index contributed by atoms with van der Waals surface area (Å²) in [6.07, 6.45) is 3.81. The lowest BCUT2D eigenvalue weighted by molar-refractivity contribution is 0.231. The van der Waals surface area contributed by atoms with Crippen molar-refractivity contribution in [2.24, 2.45) is 0 Å². The van der Waals surface area contributed by atoms with Gasteiger partial charge in [0.05, 0.1) is 12.7 Å². The van der Waals surface area contributed by atoms with Gasteiger partial charge in [0.25, 0.3) is 0 Å². The zero-order valence-corrected chi connectivity index (χ0v) is 11.6. The monoisotopic (exact) mass is 274 g/mol. The van der Waals surface area contributed by atoms with Gasteiger partial charge in [0.2, 0.25) is 11.8 Å². The summed E-state index contributed by atoms with van der Waals surface area (Å²) in [6.45, 7) is 4.26. The van der Waals surface area contributed by atoms with Gasteiger partial charge in [-0.2, -0.15) is 9.97 Å². The van der Waals surface area contributed by atoms with E-state index in [-0.39, 0.29) is 6.10 Å². The number of hydrogen-bond donors (Lipinski definition) is 1. The van der Waals surface area contributed by atoms with E-state index in [0.29, 0.717) is 30.5 Å². The van der Waals surface area contributed by atoms with Crippen LogP contribution in [0.1, 0.15) is 19.5 Å². The summed E-state index contributed by atoms with van der Waals surface area (Å²) in [4.78, 5) is 12.2. The van der Waals surface area contributed by atoms with Crippen molar-refractivity contribution in [3.8, 4) is 11.8 Å². The Hall–Kier alpha value is -2.37. The average molecular weight is 274 g/mol. The molecule has 106 valence electrons. The summed E-state index contributed by atoms with van der Waals surface area (Å²) in [5, 5.41) is 0. The molecule has 0 aliphatic heterocycles. The Kier molecular flexibility index (Phi) is 4.70. The minimum absolute atomic E-state index is 0.00595. The van der Waals surface area contributed by atoms with Gasteiger partial charge in [-0.1, -0.05) is 6.07 Å². The fourth-order valence-electron chi connectivity index (χ4n) is 1.59. The highest BCUT2D eigenvalue weighted by Gasteiger charge is 2.11. The van der Waals surface area contributed by atoms with Crippen molar-refractivity contribution >= 4 is 5.69 Å². The summed E-state index contributed by atoms with van der Waals surface area (Å²) in [6, 6.07) is 5.76. The number of hydrogen-bond acceptors (Lipinski definition) is 6. The highest BCUT2D eigenvalue weighted by molar-refractivity contribution is 5.55. The van der Waals surface area contributed by atoms with Crippen molar-refractivity contribution in [3.05, 3.63) is 36.4 Å². The molecule has 0 saturated carbocycles. The minimum atomic E-state index is -0.00595. The Labute approximate surface area is 118 Å². The molecule has 2 aromatic rings. The van der Waals surface area contributed by atoms with Crippen LogP contribution >= 0.6 is 0 Å². The van der Waals surface area contributed by atoms with Crippen LogP contribution in [0.4, 0.5) is 5.69 Å². The van der Waals surface area contributed by atoms with Gasteiger partial charge in [-0.3, -0.25) is 4.98 Å². The van der Waals surface area contributed by atoms with E-state index < -0.39 is 0 Å². The number of nitrogens with zero attached hydrogens (tertiary/aromatic N) is 3. The summed E-state index contributed by atoms with van der Waals surface area (Å²) in [5.74, 6) is 0.689. The lowest BCUT2D eigenvalue weighted by Crippen LogP contribution is -2.11. The molecule has 20 heavy (non-hydrogen) atoms. The maximum absolute atomic E-state index is 5.92. The normalized spacial score (nSPS) is 10.6. The topological polar surface area (TPSA) is 83.2 Å². The highest BCUT2D eigenvalue weighted by Crippen LogP contribution is 2.27. The average Bonchev–Trinajstić information content (AvgIpc) is 2.43. The number of nitrogens with two attached hydrogens (primary N) is 1. The first-order valence-electron chi connectivity index (χ1n) is 6.46. The van der Waals surface area contributed by atoms with Crippen molar-refractivity contribution in [2.75, 3.05) is 12.3 Å². The molecule has 0 amide bonds. The fourth-order valence-corrected chi connectivity index (χ4v) is 1.59. The number of ether oxygens (including phenoxy) is 2. The number of pyridine rings is 1. The van der Waals surface area contributed by atoms with Gasteiger partial charge in [0.1, 0.15) is 6.33 Å². The summed E-state index contributed by atoms with van der Waals surface area (Å²) in [5.41, 5.74) is 7.20. The van der Waals surface area contributed by atoms with E-state index in [9.17, 15) is 0 Å². The molecule has 2 rings (SSSR count). The van der Waals surface area contributed by atoms with Crippen molar-refractivity contribution in [3.63, 3.8) is 0 Å². The van der Waals surface area contributed by atoms with Crippen molar-refractivity contribution in [1.29, 1.82) is 0 Å². The second kappa shape index (κ2) is 6.70. The molecule has 0 radical (unpaired) electrons. The Balaban J connectivity index is 1.96. The molecule has 0 spiro atoms. The Morgan fingerprint density at radius 3 is 2.65 bits per heavy atom. The molecule has 0 aliphatic carbocycles. The molecule has 0 aliphatic rings. The first kappa shape index (κ1) is 14.0. The van der Waals surface area contributed by atoms with E-state index in [4.69, 9.17) is 15.2 Å². The fraction of sp³-hybridized carbons (Fsp3) is 0.357. The van der Waals surface area contributed by atoms with Gasteiger partial charge in [0, 0.05) is 18.3 Å². The molecule has 6 heteroatoms. The number of rotatable bonds is 6. The summed E-state index contributed by atoms with van der Waals surface area (Å²) >= 11 is 0. The van der Waals surface area contributed by atoms with Crippen LogP contribution in [0.15, 0.2) is 30.7 Å². The standard InChI is InChI=1S/C14H18N4O2/c1-10(2)20-14-12(15)13(17-9-18-14)19-8-6-11-5-3-4-7-16-11/h3-5,7,9-10H,6,8,15H2,1-2H3. The quantitative estimate of drug-likeness (QED) is 0.865. The largest absolute Gasteiger partial charge is 0.476 e. The molecule has 2 N–H and O–H groups in total. The van der Waals surface area contributed by atoms with Crippen molar-refractivity contribution in [1.82, 2.24) is 15.0 Å². The lowest BCUT2D eigenvalue weighted by atomic mass is 10.3. The van der Waals surface area contributed by atoms with Gasteiger partial charge < -0.3 is 15.2 Å². The molecule has 0 unspecified atom stereocenters. The zero-order chi connectivity index (χ0) is 14.4. The van der Waals surface area contributed by atoms with Crippen LogP contribution in [-0.2, 0) is 6.42 Å². The Morgan fingerprint density at radius 2 is 1.95 bits per heavy atom. The molecule has 2 heterocycles. The molecular formula is C14H18N4O2. The van der Waals surface area contributed by atoms with Gasteiger partial charge in [-0.15, -0.1) is 0 Å². The minimum Gasteiger partial charge on any atom is -0.476 e. The SMILES string of the molecule is CC(C)Oc1ncnc(OCCc2ccccn2)c1N. The maximum atomic E-state index is 5.92. The lowest BCUT2D eigenvalue weighted by Gasteiger charge is -2.13. The van der Waals surface area contributed by atoms with E-state index in [1.807, 2.05) is 32.0 Å². The maximum Gasteiger partial charge on any atom is 0.244 e. The second-order valence-electron chi connectivity index (χ2n) is 4.48. The van der Waals surface area contributed by atoms with E-state index in [1.165, 1.54) is 6.33 Å². The Bertz CT molecular complexity index is 546. The van der Waals surface area contributed by atoms with E-state index >= 15 is 0 Å². The smallest absolute Gasteiger partial charge is 0.244 e. The third kappa shape index (κ3) is 3.81. The Morgan fingerprint density at radius 1 is 1.15 bits per heavy atom. The van der Waals surface area contributed by atoms with Crippen molar-refractivity contribution in [2.45, 2.75) is 26.4 Å². The number of nitrogen functional groups attached to an aromatic ring is 1. The van der Waals surface area contributed by atoms with Crippen LogP contribution in [-0.4, -0.2) is 27.7 Å². The van der Waals surface area contributed by atoms with Gasteiger partial charge in [-0.05, 0) is 26.0 Å². The van der Waals surface area contributed by atoms with Gasteiger partial charge in [0.15, 0.2) is 5.69 Å². The third-order valence-electron chi connectivity index (χ3n) is 2.48. The third-order valence-corrected chi connectivity index (χ3v) is 2.48. The van der Waals surface area contributed by atoms with Crippen LogP contribution in [0.3, 0.4) is 0 Å². The first-order chi connectivity index (χ1) is 9.66. The molecule has 0 bridgehead atoms. The van der Waals surface area contributed by atoms with Crippen LogP contribution in [0.2, 0.25) is 0 Å². The molecule has 0 aromatic carbocycles. The molecular weight excluding hydrogens is 256 g/mol. The molecule has 6 nitrogen and oxygen atoms in total. The molecule has 0 fully saturated rings. The van der Waals surface area contributed by atoms with Crippen LogP contribution in [0, 0.1) is 0 Å². The predicted octanol–water partition coefficient (Wildman–Crippen LogP) is 1.86. The van der Waals surface area contributed by atoms with Crippen LogP contribution in [0.5, 0.6) is 11.8 Å². The van der Waals surface area contributed by atoms with Crippen molar-refractivity contribution < 1.29 is 9.47 Å². The first-order valence-corrected chi connectivity index (χ1v) is 6.46. The number of anilines is 1. The van der Waals surface area contributed by atoms with Crippen LogP contribution < -0.4 is 15.2 Å². The second-order valence-corrected chi connectivity index (χ2v) is 4.48. The molecule has 0 atom stereocenters.